The van der Waals surface area contributed by atoms with Crippen molar-refractivity contribution in [2.45, 2.75) is 33.4 Å². The van der Waals surface area contributed by atoms with E-state index in [0.29, 0.717) is 36.0 Å². The van der Waals surface area contributed by atoms with Gasteiger partial charge in [-0.15, -0.1) is 0 Å². The van der Waals surface area contributed by atoms with Crippen molar-refractivity contribution >= 4 is 5.91 Å². The smallest absolute Gasteiger partial charge is 0.252 e. The van der Waals surface area contributed by atoms with Gasteiger partial charge in [-0.05, 0) is 68.8 Å². The SMILES string of the molecule is CCOc1cc(C(=O)NC(C)c2ccc(C)o2)ccc1OCc1ccncc1. The lowest BCUT2D eigenvalue weighted by Gasteiger charge is -2.15. The van der Waals surface area contributed by atoms with Crippen molar-refractivity contribution in [3.05, 3.63) is 77.5 Å². The molecule has 0 fully saturated rings. The molecule has 0 aliphatic heterocycles. The Hall–Kier alpha value is -3.28. The number of hydrogen-bond acceptors (Lipinski definition) is 5. The van der Waals surface area contributed by atoms with Gasteiger partial charge >= 0.3 is 0 Å². The highest BCUT2D eigenvalue weighted by Crippen LogP contribution is 2.29. The molecule has 0 radical (unpaired) electrons. The van der Waals surface area contributed by atoms with Gasteiger partial charge in [0.2, 0.25) is 0 Å². The Morgan fingerprint density at radius 3 is 2.57 bits per heavy atom. The Labute approximate surface area is 164 Å². The first-order valence-electron chi connectivity index (χ1n) is 9.22. The van der Waals surface area contributed by atoms with Gasteiger partial charge in [0.25, 0.3) is 5.91 Å². The summed E-state index contributed by atoms with van der Waals surface area (Å²) in [6.07, 6.45) is 3.44. The zero-order valence-corrected chi connectivity index (χ0v) is 16.3. The molecule has 28 heavy (non-hydrogen) atoms. The van der Waals surface area contributed by atoms with Gasteiger partial charge in [0.15, 0.2) is 11.5 Å². The van der Waals surface area contributed by atoms with Crippen molar-refractivity contribution in [1.29, 1.82) is 0 Å². The molecule has 0 aliphatic rings. The van der Waals surface area contributed by atoms with Crippen molar-refractivity contribution in [2.75, 3.05) is 6.61 Å². The Balaban J connectivity index is 1.71. The summed E-state index contributed by atoms with van der Waals surface area (Å²) >= 11 is 0. The van der Waals surface area contributed by atoms with Crippen LogP contribution in [0.1, 0.15) is 47.3 Å². The molecule has 3 rings (SSSR count). The zero-order chi connectivity index (χ0) is 19.9. The van der Waals surface area contributed by atoms with E-state index in [-0.39, 0.29) is 11.9 Å². The summed E-state index contributed by atoms with van der Waals surface area (Å²) in [6.45, 7) is 6.51. The van der Waals surface area contributed by atoms with Crippen LogP contribution in [0.4, 0.5) is 0 Å². The van der Waals surface area contributed by atoms with Crippen molar-refractivity contribution < 1.29 is 18.7 Å². The van der Waals surface area contributed by atoms with Crippen LogP contribution in [0.25, 0.3) is 0 Å². The van der Waals surface area contributed by atoms with E-state index in [1.165, 1.54) is 0 Å². The van der Waals surface area contributed by atoms with Crippen molar-refractivity contribution in [3.63, 3.8) is 0 Å². The number of furan rings is 1. The first kappa shape index (κ1) is 19.5. The van der Waals surface area contributed by atoms with Crippen molar-refractivity contribution in [2.24, 2.45) is 0 Å². The molecule has 1 N–H and O–H groups in total. The maximum atomic E-state index is 12.6. The Morgan fingerprint density at radius 2 is 1.89 bits per heavy atom. The maximum Gasteiger partial charge on any atom is 0.252 e. The topological polar surface area (TPSA) is 73.6 Å². The van der Waals surface area contributed by atoms with Crippen LogP contribution in [0.2, 0.25) is 0 Å². The average molecular weight is 380 g/mol. The van der Waals surface area contributed by atoms with Crippen molar-refractivity contribution in [1.82, 2.24) is 10.3 Å². The number of carbonyl (C=O) groups excluding carboxylic acids is 1. The number of pyridine rings is 1. The van der Waals surface area contributed by atoms with Crippen LogP contribution in [0, 0.1) is 6.92 Å². The summed E-state index contributed by atoms with van der Waals surface area (Å²) < 4.78 is 17.1. The molecule has 0 saturated carbocycles. The van der Waals surface area contributed by atoms with E-state index in [0.717, 1.165) is 11.3 Å². The molecule has 0 aliphatic carbocycles. The fourth-order valence-corrected chi connectivity index (χ4v) is 2.71. The lowest BCUT2D eigenvalue weighted by atomic mass is 10.1. The number of carbonyl (C=O) groups is 1. The molecular formula is C22H24N2O4. The van der Waals surface area contributed by atoms with Crippen LogP contribution in [0.3, 0.4) is 0 Å². The number of amides is 1. The lowest BCUT2D eigenvalue weighted by Crippen LogP contribution is -2.26. The lowest BCUT2D eigenvalue weighted by molar-refractivity contribution is 0.0934. The summed E-state index contributed by atoms with van der Waals surface area (Å²) in [5, 5.41) is 2.94. The molecule has 6 heteroatoms. The molecule has 146 valence electrons. The van der Waals surface area contributed by atoms with Gasteiger partial charge in [-0.1, -0.05) is 0 Å². The summed E-state index contributed by atoms with van der Waals surface area (Å²) in [5.74, 6) is 2.44. The molecule has 1 aromatic carbocycles. The van der Waals surface area contributed by atoms with Gasteiger partial charge in [-0.2, -0.15) is 0 Å². The van der Waals surface area contributed by atoms with E-state index in [9.17, 15) is 4.79 Å². The zero-order valence-electron chi connectivity index (χ0n) is 16.3. The van der Waals surface area contributed by atoms with E-state index in [1.54, 1.807) is 30.6 Å². The Bertz CT molecular complexity index is 921. The molecule has 2 heterocycles. The first-order valence-corrected chi connectivity index (χ1v) is 9.22. The molecule has 0 spiro atoms. The van der Waals surface area contributed by atoms with Crippen LogP contribution in [-0.2, 0) is 6.61 Å². The highest BCUT2D eigenvalue weighted by Gasteiger charge is 2.16. The predicted molar refractivity (Wildman–Crippen MR) is 106 cm³/mol. The molecule has 0 bridgehead atoms. The second-order valence-electron chi connectivity index (χ2n) is 6.38. The third-order valence-electron chi connectivity index (χ3n) is 4.18. The normalized spacial score (nSPS) is 11.7. The van der Waals surface area contributed by atoms with Gasteiger partial charge < -0.3 is 19.2 Å². The molecular weight excluding hydrogens is 356 g/mol. The van der Waals surface area contributed by atoms with Gasteiger partial charge in [0, 0.05) is 18.0 Å². The quantitative estimate of drug-likeness (QED) is 0.625. The summed E-state index contributed by atoms with van der Waals surface area (Å²) in [4.78, 5) is 16.6. The van der Waals surface area contributed by atoms with E-state index >= 15 is 0 Å². The molecule has 2 aromatic heterocycles. The highest BCUT2D eigenvalue weighted by molar-refractivity contribution is 5.95. The molecule has 3 aromatic rings. The Kier molecular flexibility index (Phi) is 6.32. The predicted octanol–water partition coefficient (Wildman–Crippen LogP) is 4.45. The summed E-state index contributed by atoms with van der Waals surface area (Å²) in [5.41, 5.74) is 1.50. The maximum absolute atomic E-state index is 12.6. The largest absolute Gasteiger partial charge is 0.490 e. The molecule has 6 nitrogen and oxygen atoms in total. The van der Waals surface area contributed by atoms with Crippen LogP contribution >= 0.6 is 0 Å². The van der Waals surface area contributed by atoms with Crippen molar-refractivity contribution in [3.8, 4) is 11.5 Å². The number of aromatic nitrogens is 1. The summed E-state index contributed by atoms with van der Waals surface area (Å²) in [7, 11) is 0. The fraction of sp³-hybridized carbons (Fsp3) is 0.273. The third-order valence-corrected chi connectivity index (χ3v) is 4.18. The summed E-state index contributed by atoms with van der Waals surface area (Å²) in [6, 6.07) is 12.4. The van der Waals surface area contributed by atoms with Gasteiger partial charge in [-0.25, -0.2) is 0 Å². The highest BCUT2D eigenvalue weighted by atomic mass is 16.5. The Morgan fingerprint density at radius 1 is 1.11 bits per heavy atom. The van der Waals surface area contributed by atoms with Crippen LogP contribution < -0.4 is 14.8 Å². The minimum absolute atomic E-state index is 0.205. The monoisotopic (exact) mass is 380 g/mol. The molecule has 0 saturated heterocycles. The second kappa shape index (κ2) is 9.08. The second-order valence-corrected chi connectivity index (χ2v) is 6.38. The number of aryl methyl sites for hydroxylation is 1. The molecule has 1 unspecified atom stereocenters. The van der Waals surface area contributed by atoms with Gasteiger partial charge in [-0.3, -0.25) is 9.78 Å². The third kappa shape index (κ3) is 4.91. The van der Waals surface area contributed by atoms with E-state index in [4.69, 9.17) is 13.9 Å². The van der Waals surface area contributed by atoms with E-state index in [2.05, 4.69) is 10.3 Å². The van der Waals surface area contributed by atoms with E-state index in [1.807, 2.05) is 45.0 Å². The number of nitrogens with one attached hydrogen (secondary N) is 1. The average Bonchev–Trinajstić information content (AvgIpc) is 3.14. The first-order chi connectivity index (χ1) is 13.6. The van der Waals surface area contributed by atoms with Gasteiger partial charge in [0.05, 0.1) is 12.6 Å². The van der Waals surface area contributed by atoms with E-state index < -0.39 is 0 Å². The standard InChI is InChI=1S/C22H24N2O4/c1-4-26-21-13-18(22(25)24-16(3)19-7-5-15(2)28-19)6-8-20(21)27-14-17-9-11-23-12-10-17/h5-13,16H,4,14H2,1-3H3,(H,24,25). The van der Waals surface area contributed by atoms with Crippen LogP contribution in [-0.4, -0.2) is 17.5 Å². The number of nitrogens with zero attached hydrogens (tertiary/aromatic N) is 1. The minimum Gasteiger partial charge on any atom is -0.490 e. The number of rotatable bonds is 8. The van der Waals surface area contributed by atoms with Gasteiger partial charge in [0.1, 0.15) is 18.1 Å². The number of hydrogen-bond donors (Lipinski definition) is 1. The minimum atomic E-state index is -0.237. The number of ether oxygens (including phenoxy) is 2. The number of benzene rings is 1. The van der Waals surface area contributed by atoms with Crippen LogP contribution in [0.15, 0.2) is 59.3 Å². The molecule has 1 amide bonds. The van der Waals surface area contributed by atoms with Crippen LogP contribution in [0.5, 0.6) is 11.5 Å². The molecule has 1 atom stereocenters. The fourth-order valence-electron chi connectivity index (χ4n) is 2.71.